The minimum absolute atomic E-state index is 0.00794. The lowest BCUT2D eigenvalue weighted by molar-refractivity contribution is -0.139. The molecule has 3 rings (SSSR count). The highest BCUT2D eigenvalue weighted by atomic mass is 16.6. The molecule has 1 aromatic carbocycles. The van der Waals surface area contributed by atoms with Gasteiger partial charge in [0.25, 0.3) is 5.56 Å². The van der Waals surface area contributed by atoms with Gasteiger partial charge in [0.15, 0.2) is 0 Å². The average molecular weight is 401 g/mol. The molecule has 8 heteroatoms. The van der Waals surface area contributed by atoms with E-state index in [4.69, 9.17) is 9.47 Å². The van der Waals surface area contributed by atoms with Crippen molar-refractivity contribution in [1.29, 1.82) is 0 Å². The summed E-state index contributed by atoms with van der Waals surface area (Å²) in [6.45, 7) is 6.95. The fourth-order valence-electron chi connectivity index (χ4n) is 3.49. The van der Waals surface area contributed by atoms with Crippen LogP contribution in [0.25, 0.3) is 10.8 Å². The number of methoxy groups -OCH3 is 1. The molecule has 1 atom stereocenters. The Balaban J connectivity index is 1.82. The minimum atomic E-state index is -0.547. The van der Waals surface area contributed by atoms with Crippen molar-refractivity contribution < 1.29 is 19.1 Å². The lowest BCUT2D eigenvalue weighted by Crippen LogP contribution is -2.36. The van der Waals surface area contributed by atoms with Crippen LogP contribution in [0.4, 0.5) is 4.79 Å². The molecule has 156 valence electrons. The van der Waals surface area contributed by atoms with E-state index in [1.165, 1.54) is 11.8 Å². The van der Waals surface area contributed by atoms with Gasteiger partial charge in [-0.3, -0.25) is 9.59 Å². The molecule has 1 saturated heterocycles. The van der Waals surface area contributed by atoms with Crippen molar-refractivity contribution in [2.75, 3.05) is 20.2 Å². The summed E-state index contributed by atoms with van der Waals surface area (Å²) in [6.07, 6.45) is 0.406. The summed E-state index contributed by atoms with van der Waals surface area (Å²) >= 11 is 0. The van der Waals surface area contributed by atoms with E-state index in [-0.39, 0.29) is 24.0 Å². The molecule has 0 spiro atoms. The second-order valence-corrected chi connectivity index (χ2v) is 8.31. The first-order chi connectivity index (χ1) is 13.7. The largest absolute Gasteiger partial charge is 0.469 e. The van der Waals surface area contributed by atoms with Gasteiger partial charge in [-0.15, -0.1) is 0 Å². The number of fused-ring (bicyclic) bond motifs is 1. The van der Waals surface area contributed by atoms with Gasteiger partial charge < -0.3 is 14.4 Å². The maximum atomic E-state index is 12.9. The van der Waals surface area contributed by atoms with Crippen LogP contribution in [-0.2, 0) is 27.2 Å². The standard InChI is InChI=1S/C21H27N3O5/c1-21(2,3)29-20(27)23-10-9-14(12-23)13-24-19(26)16-8-6-5-7-15(16)17(22-24)11-18(25)28-4/h5-8,14H,9-13H2,1-4H3. The molecular formula is C21H27N3O5. The summed E-state index contributed by atoms with van der Waals surface area (Å²) in [6, 6.07) is 7.12. The summed E-state index contributed by atoms with van der Waals surface area (Å²) in [4.78, 5) is 38.6. The van der Waals surface area contributed by atoms with Crippen molar-refractivity contribution in [3.8, 4) is 0 Å². The van der Waals surface area contributed by atoms with E-state index in [0.717, 1.165) is 6.42 Å². The van der Waals surface area contributed by atoms with Crippen LogP contribution in [0.2, 0.25) is 0 Å². The number of amides is 1. The van der Waals surface area contributed by atoms with Crippen LogP contribution < -0.4 is 5.56 Å². The molecule has 1 amide bonds. The Morgan fingerprint density at radius 3 is 2.55 bits per heavy atom. The topological polar surface area (TPSA) is 90.7 Å². The Hall–Kier alpha value is -2.90. The van der Waals surface area contributed by atoms with Crippen LogP contribution in [0.5, 0.6) is 0 Å². The number of likely N-dealkylation sites (tertiary alicyclic amines) is 1. The number of rotatable bonds is 4. The van der Waals surface area contributed by atoms with Gasteiger partial charge in [-0.2, -0.15) is 5.10 Å². The predicted molar refractivity (Wildman–Crippen MR) is 108 cm³/mol. The maximum absolute atomic E-state index is 12.9. The molecule has 1 aliphatic heterocycles. The first-order valence-corrected chi connectivity index (χ1v) is 9.71. The van der Waals surface area contributed by atoms with Crippen LogP contribution in [0.15, 0.2) is 29.1 Å². The van der Waals surface area contributed by atoms with Gasteiger partial charge >= 0.3 is 12.1 Å². The summed E-state index contributed by atoms with van der Waals surface area (Å²) < 4.78 is 11.6. The molecule has 8 nitrogen and oxygen atoms in total. The van der Waals surface area contributed by atoms with Crippen LogP contribution in [0.3, 0.4) is 0 Å². The fourth-order valence-corrected chi connectivity index (χ4v) is 3.49. The molecule has 29 heavy (non-hydrogen) atoms. The normalized spacial score (nSPS) is 16.8. The molecule has 1 aromatic heterocycles. The van der Waals surface area contributed by atoms with E-state index in [0.29, 0.717) is 36.1 Å². The second kappa shape index (κ2) is 8.23. The Morgan fingerprint density at radius 2 is 1.90 bits per heavy atom. The van der Waals surface area contributed by atoms with Gasteiger partial charge in [-0.05, 0) is 39.2 Å². The molecule has 0 aliphatic carbocycles. The quantitative estimate of drug-likeness (QED) is 0.731. The number of ether oxygens (including phenoxy) is 2. The third-order valence-corrected chi connectivity index (χ3v) is 4.85. The molecule has 2 aromatic rings. The predicted octanol–water partition coefficient (Wildman–Crippen LogP) is 2.37. The number of esters is 1. The monoisotopic (exact) mass is 401 g/mol. The maximum Gasteiger partial charge on any atom is 0.410 e. The van der Waals surface area contributed by atoms with E-state index in [1.54, 1.807) is 23.1 Å². The van der Waals surface area contributed by atoms with Crippen LogP contribution in [0.1, 0.15) is 32.9 Å². The van der Waals surface area contributed by atoms with Crippen LogP contribution >= 0.6 is 0 Å². The fraction of sp³-hybridized carbons (Fsp3) is 0.524. The smallest absolute Gasteiger partial charge is 0.410 e. The second-order valence-electron chi connectivity index (χ2n) is 8.31. The van der Waals surface area contributed by atoms with E-state index in [1.807, 2.05) is 26.8 Å². The van der Waals surface area contributed by atoms with Crippen molar-refractivity contribution in [2.24, 2.45) is 5.92 Å². The SMILES string of the molecule is COC(=O)Cc1nn(CC2CCN(C(=O)OC(C)(C)C)C2)c(=O)c2ccccc12. The summed E-state index contributed by atoms with van der Waals surface area (Å²) in [5.74, 6) is -0.329. The Labute approximate surface area is 169 Å². The minimum Gasteiger partial charge on any atom is -0.469 e. The van der Waals surface area contributed by atoms with E-state index in [9.17, 15) is 14.4 Å². The number of hydrogen-bond acceptors (Lipinski definition) is 6. The van der Waals surface area contributed by atoms with Gasteiger partial charge in [0.2, 0.25) is 0 Å². The van der Waals surface area contributed by atoms with Crippen LogP contribution in [0, 0.1) is 5.92 Å². The van der Waals surface area contributed by atoms with Crippen molar-refractivity contribution >= 4 is 22.8 Å². The Morgan fingerprint density at radius 1 is 1.21 bits per heavy atom. The van der Waals surface area contributed by atoms with Crippen molar-refractivity contribution in [3.05, 3.63) is 40.3 Å². The first-order valence-electron chi connectivity index (χ1n) is 9.71. The van der Waals surface area contributed by atoms with Crippen LogP contribution in [-0.4, -0.2) is 52.5 Å². The van der Waals surface area contributed by atoms with Crippen molar-refractivity contribution in [2.45, 2.75) is 45.8 Å². The lowest BCUT2D eigenvalue weighted by Gasteiger charge is -2.24. The molecule has 2 heterocycles. The number of nitrogens with zero attached hydrogens (tertiary/aromatic N) is 3. The van der Waals surface area contributed by atoms with Gasteiger partial charge in [0.1, 0.15) is 5.60 Å². The zero-order chi connectivity index (χ0) is 21.2. The van der Waals surface area contributed by atoms with E-state index in [2.05, 4.69) is 5.10 Å². The molecule has 0 bridgehead atoms. The van der Waals surface area contributed by atoms with Gasteiger partial charge in [-0.25, -0.2) is 9.48 Å². The molecule has 0 N–H and O–H groups in total. The lowest BCUT2D eigenvalue weighted by atomic mass is 10.1. The van der Waals surface area contributed by atoms with Crippen molar-refractivity contribution in [1.82, 2.24) is 14.7 Å². The molecular weight excluding hydrogens is 374 g/mol. The van der Waals surface area contributed by atoms with E-state index < -0.39 is 11.6 Å². The first kappa shape index (κ1) is 20.8. The molecule has 0 radical (unpaired) electrons. The summed E-state index contributed by atoms with van der Waals surface area (Å²) in [5.41, 5.74) is -0.242. The van der Waals surface area contributed by atoms with Gasteiger partial charge in [0, 0.05) is 25.0 Å². The molecule has 1 aliphatic rings. The third-order valence-electron chi connectivity index (χ3n) is 4.85. The zero-order valence-corrected chi connectivity index (χ0v) is 17.3. The molecule has 1 fully saturated rings. The number of aromatic nitrogens is 2. The molecule has 1 unspecified atom stereocenters. The van der Waals surface area contributed by atoms with E-state index >= 15 is 0 Å². The highest BCUT2D eigenvalue weighted by Gasteiger charge is 2.30. The summed E-state index contributed by atoms with van der Waals surface area (Å²) in [5, 5.41) is 5.62. The highest BCUT2D eigenvalue weighted by Crippen LogP contribution is 2.21. The number of carbonyl (C=O) groups excluding carboxylic acids is 2. The number of benzene rings is 1. The summed E-state index contributed by atoms with van der Waals surface area (Å²) in [7, 11) is 1.32. The highest BCUT2D eigenvalue weighted by molar-refractivity contribution is 5.86. The molecule has 0 saturated carbocycles. The van der Waals surface area contributed by atoms with Gasteiger partial charge in [-0.1, -0.05) is 18.2 Å². The zero-order valence-electron chi connectivity index (χ0n) is 17.3. The Bertz CT molecular complexity index is 976. The van der Waals surface area contributed by atoms with Gasteiger partial charge in [0.05, 0.1) is 24.6 Å². The number of hydrogen-bond donors (Lipinski definition) is 0. The average Bonchev–Trinajstić information content (AvgIpc) is 3.13. The number of carbonyl (C=O) groups is 2. The van der Waals surface area contributed by atoms with Crippen molar-refractivity contribution in [3.63, 3.8) is 0 Å². The Kier molecular flexibility index (Phi) is 5.91. The third kappa shape index (κ3) is 4.93.